The van der Waals surface area contributed by atoms with Gasteiger partial charge in [0.15, 0.2) is 0 Å². The summed E-state index contributed by atoms with van der Waals surface area (Å²) in [4.78, 5) is 37.6. The minimum Gasteiger partial charge on any atom is -0.462 e. The Hall–Kier alpha value is -3.17. The second-order valence-corrected chi connectivity index (χ2v) is 8.57. The van der Waals surface area contributed by atoms with E-state index in [1.807, 2.05) is 30.3 Å². The maximum atomic E-state index is 12.9. The Morgan fingerprint density at radius 2 is 1.62 bits per heavy atom. The van der Waals surface area contributed by atoms with Gasteiger partial charge in [-0.25, -0.2) is 9.18 Å². The molecule has 0 aliphatic rings. The van der Waals surface area contributed by atoms with E-state index >= 15 is 0 Å². The Balaban J connectivity index is 1.58. The van der Waals surface area contributed by atoms with E-state index in [1.54, 1.807) is 13.0 Å². The predicted molar refractivity (Wildman–Crippen MR) is 127 cm³/mol. The van der Waals surface area contributed by atoms with Gasteiger partial charge in [0.2, 0.25) is 11.8 Å². The van der Waals surface area contributed by atoms with E-state index in [1.165, 1.54) is 35.6 Å². The first-order chi connectivity index (χ1) is 15.5. The van der Waals surface area contributed by atoms with Crippen molar-refractivity contribution in [1.82, 2.24) is 0 Å². The highest BCUT2D eigenvalue weighted by Gasteiger charge is 2.20. The van der Waals surface area contributed by atoms with Crippen LogP contribution in [0.1, 0.15) is 17.3 Å². The molecule has 9 heteroatoms. The third-order valence-electron chi connectivity index (χ3n) is 4.13. The number of benzene rings is 2. The van der Waals surface area contributed by atoms with Gasteiger partial charge in [0, 0.05) is 10.6 Å². The Morgan fingerprint density at radius 1 is 0.969 bits per heavy atom. The average molecular weight is 473 g/mol. The van der Waals surface area contributed by atoms with E-state index < -0.39 is 5.97 Å². The zero-order valence-corrected chi connectivity index (χ0v) is 18.9. The first-order valence-electron chi connectivity index (χ1n) is 9.75. The van der Waals surface area contributed by atoms with Crippen LogP contribution in [-0.2, 0) is 14.3 Å². The van der Waals surface area contributed by atoms with Crippen LogP contribution < -0.4 is 10.6 Å². The molecule has 166 valence electrons. The highest BCUT2D eigenvalue weighted by molar-refractivity contribution is 8.00. The Morgan fingerprint density at radius 3 is 2.28 bits per heavy atom. The third kappa shape index (κ3) is 6.66. The van der Waals surface area contributed by atoms with Crippen molar-refractivity contribution in [2.24, 2.45) is 0 Å². The van der Waals surface area contributed by atoms with Gasteiger partial charge in [0.1, 0.15) is 10.8 Å². The smallest absolute Gasteiger partial charge is 0.341 e. The lowest BCUT2D eigenvalue weighted by Gasteiger charge is -2.07. The number of rotatable bonds is 9. The van der Waals surface area contributed by atoms with Crippen molar-refractivity contribution < 1.29 is 23.5 Å². The standard InChI is InChI=1S/C23H21FN2O4S2/c1-2-30-23(29)18-12-19(15-6-4-3-5-7-15)32-22(18)26-21(28)14-31-13-20(27)25-17-10-8-16(24)9-11-17/h3-12H,2,13-14H2,1H3,(H,25,27)(H,26,28). The average Bonchev–Trinajstić information content (AvgIpc) is 3.20. The molecule has 0 unspecified atom stereocenters. The minimum atomic E-state index is -0.507. The molecule has 6 nitrogen and oxygen atoms in total. The van der Waals surface area contributed by atoms with Crippen LogP contribution in [0.2, 0.25) is 0 Å². The topological polar surface area (TPSA) is 84.5 Å². The van der Waals surface area contributed by atoms with Crippen LogP contribution in [0.15, 0.2) is 60.7 Å². The molecule has 1 aromatic heterocycles. The van der Waals surface area contributed by atoms with Crippen LogP contribution in [-0.4, -0.2) is 35.9 Å². The molecule has 0 atom stereocenters. The largest absolute Gasteiger partial charge is 0.462 e. The predicted octanol–water partition coefficient (Wildman–Crippen LogP) is 5.04. The number of hydrogen-bond acceptors (Lipinski definition) is 6. The summed E-state index contributed by atoms with van der Waals surface area (Å²) < 4.78 is 18.0. The number of nitrogens with one attached hydrogen (secondary N) is 2. The quantitative estimate of drug-likeness (QED) is 0.426. The first kappa shape index (κ1) is 23.5. The van der Waals surface area contributed by atoms with E-state index in [0.29, 0.717) is 16.3 Å². The fourth-order valence-electron chi connectivity index (χ4n) is 2.72. The molecule has 2 N–H and O–H groups in total. The third-order valence-corrected chi connectivity index (χ3v) is 6.17. The summed E-state index contributed by atoms with van der Waals surface area (Å²) in [5, 5.41) is 5.80. The molecular weight excluding hydrogens is 451 g/mol. The summed E-state index contributed by atoms with van der Waals surface area (Å²) in [5.41, 5.74) is 1.70. The zero-order chi connectivity index (χ0) is 22.9. The van der Waals surface area contributed by atoms with Crippen molar-refractivity contribution >= 4 is 51.6 Å². The zero-order valence-electron chi connectivity index (χ0n) is 17.2. The Kier molecular flexibility index (Phi) is 8.41. The molecule has 0 radical (unpaired) electrons. The number of thiophene rings is 1. The molecule has 3 aromatic rings. The molecule has 2 amide bonds. The van der Waals surface area contributed by atoms with Gasteiger partial charge in [-0.15, -0.1) is 23.1 Å². The van der Waals surface area contributed by atoms with Crippen molar-refractivity contribution in [3.63, 3.8) is 0 Å². The number of esters is 1. The summed E-state index contributed by atoms with van der Waals surface area (Å²) in [7, 11) is 0. The van der Waals surface area contributed by atoms with E-state index in [4.69, 9.17) is 4.74 Å². The fourth-order valence-corrected chi connectivity index (χ4v) is 4.40. The van der Waals surface area contributed by atoms with Gasteiger partial charge in [-0.2, -0.15) is 0 Å². The monoisotopic (exact) mass is 472 g/mol. The van der Waals surface area contributed by atoms with Gasteiger partial charge >= 0.3 is 5.97 Å². The van der Waals surface area contributed by atoms with Gasteiger partial charge in [-0.3, -0.25) is 9.59 Å². The number of ether oxygens (including phenoxy) is 1. The molecule has 0 spiro atoms. The number of anilines is 2. The van der Waals surface area contributed by atoms with Gasteiger partial charge < -0.3 is 15.4 Å². The lowest BCUT2D eigenvalue weighted by atomic mass is 10.1. The number of amides is 2. The van der Waals surface area contributed by atoms with E-state index in [9.17, 15) is 18.8 Å². The van der Waals surface area contributed by atoms with E-state index in [2.05, 4.69) is 10.6 Å². The number of hydrogen-bond donors (Lipinski definition) is 2. The van der Waals surface area contributed by atoms with Gasteiger partial charge in [-0.05, 0) is 42.8 Å². The van der Waals surface area contributed by atoms with Crippen molar-refractivity contribution in [3.05, 3.63) is 72.0 Å². The maximum Gasteiger partial charge on any atom is 0.341 e. The normalized spacial score (nSPS) is 10.4. The van der Waals surface area contributed by atoms with Crippen molar-refractivity contribution in [2.45, 2.75) is 6.92 Å². The van der Waals surface area contributed by atoms with E-state index in [0.717, 1.165) is 22.2 Å². The van der Waals surface area contributed by atoms with Crippen LogP contribution in [0.25, 0.3) is 10.4 Å². The molecule has 0 fully saturated rings. The number of carbonyl (C=O) groups is 3. The molecule has 0 saturated carbocycles. The summed E-state index contributed by atoms with van der Waals surface area (Å²) >= 11 is 2.41. The second kappa shape index (κ2) is 11.4. The molecule has 3 rings (SSSR count). The summed E-state index contributed by atoms with van der Waals surface area (Å²) in [5.74, 6) is -1.46. The fraction of sp³-hybridized carbons (Fsp3) is 0.174. The molecule has 0 bridgehead atoms. The van der Waals surface area contributed by atoms with E-state index in [-0.39, 0.29) is 35.7 Å². The van der Waals surface area contributed by atoms with Crippen molar-refractivity contribution in [2.75, 3.05) is 28.7 Å². The van der Waals surface area contributed by atoms with Crippen molar-refractivity contribution in [3.8, 4) is 10.4 Å². The van der Waals surface area contributed by atoms with Gasteiger partial charge in [0.25, 0.3) is 0 Å². The van der Waals surface area contributed by atoms with Crippen LogP contribution in [0.4, 0.5) is 15.1 Å². The van der Waals surface area contributed by atoms with Crippen LogP contribution >= 0.6 is 23.1 Å². The first-order valence-corrected chi connectivity index (χ1v) is 11.7. The lowest BCUT2D eigenvalue weighted by Crippen LogP contribution is -2.19. The molecule has 0 aliphatic carbocycles. The molecule has 0 saturated heterocycles. The summed E-state index contributed by atoms with van der Waals surface area (Å²) in [6.45, 7) is 1.94. The van der Waals surface area contributed by atoms with Crippen molar-refractivity contribution in [1.29, 1.82) is 0 Å². The number of thioether (sulfide) groups is 1. The number of carbonyl (C=O) groups excluding carboxylic acids is 3. The summed E-state index contributed by atoms with van der Waals surface area (Å²) in [6.07, 6.45) is 0. The van der Waals surface area contributed by atoms with Crippen LogP contribution in [0, 0.1) is 5.82 Å². The highest BCUT2D eigenvalue weighted by atomic mass is 32.2. The summed E-state index contributed by atoms with van der Waals surface area (Å²) in [6, 6.07) is 16.7. The highest BCUT2D eigenvalue weighted by Crippen LogP contribution is 2.36. The molecule has 2 aromatic carbocycles. The number of halogens is 1. The molecule has 0 aliphatic heterocycles. The Labute approximate surface area is 193 Å². The molecule has 32 heavy (non-hydrogen) atoms. The molecular formula is C23H21FN2O4S2. The van der Waals surface area contributed by atoms with Crippen LogP contribution in [0.3, 0.4) is 0 Å². The lowest BCUT2D eigenvalue weighted by molar-refractivity contribution is -0.114. The SMILES string of the molecule is CCOC(=O)c1cc(-c2ccccc2)sc1NC(=O)CSCC(=O)Nc1ccc(F)cc1. The second-order valence-electron chi connectivity index (χ2n) is 6.54. The molecule has 1 heterocycles. The maximum absolute atomic E-state index is 12.9. The van der Waals surface area contributed by atoms with Gasteiger partial charge in [0.05, 0.1) is 23.7 Å². The minimum absolute atomic E-state index is 0.0255. The van der Waals surface area contributed by atoms with Gasteiger partial charge in [-0.1, -0.05) is 30.3 Å². The Bertz CT molecular complexity index is 1090. The van der Waals surface area contributed by atoms with Crippen LogP contribution in [0.5, 0.6) is 0 Å².